The van der Waals surface area contributed by atoms with E-state index in [-0.39, 0.29) is 10.7 Å². The van der Waals surface area contributed by atoms with Crippen molar-refractivity contribution in [1.29, 1.82) is 0 Å². The fourth-order valence-electron chi connectivity index (χ4n) is 3.22. The summed E-state index contributed by atoms with van der Waals surface area (Å²) in [6.45, 7) is 0. The number of hydrogen-bond acceptors (Lipinski definition) is 4. The number of aromatic amines is 1. The number of hydrogen-bond donors (Lipinski definition) is 1. The van der Waals surface area contributed by atoms with Crippen LogP contribution in [-0.2, 0) is 9.84 Å². The minimum Gasteiger partial charge on any atom is -0.478 e. The quantitative estimate of drug-likeness (QED) is 0.477. The molecule has 0 fully saturated rings. The smallest absolute Gasteiger partial charge is 0.210 e. The normalized spacial score (nSPS) is 12.6. The van der Waals surface area contributed by atoms with E-state index in [9.17, 15) is 13.2 Å². The number of rotatable bonds is 6. The van der Waals surface area contributed by atoms with Crippen LogP contribution < -0.4 is 4.74 Å². The van der Waals surface area contributed by atoms with Crippen LogP contribution in [0, 0.1) is 0 Å². The lowest BCUT2D eigenvalue weighted by Crippen LogP contribution is -2.19. The molecule has 0 radical (unpaired) electrons. The molecule has 1 aromatic heterocycles. The van der Waals surface area contributed by atoms with Crippen molar-refractivity contribution in [2.75, 3.05) is 6.26 Å². The lowest BCUT2D eigenvalue weighted by Gasteiger charge is -2.18. The second kappa shape index (κ2) is 7.56. The SMILES string of the molecule is CS(=O)(=O)c1ccc(OC(C(=O)c2c[nH]c3ccccc23)c2ccccc2)cc1. The van der Waals surface area contributed by atoms with Gasteiger partial charge in [0.05, 0.1) is 4.90 Å². The molecule has 146 valence electrons. The standard InChI is InChI=1S/C23H19NO4S/c1-29(26,27)18-13-11-17(12-14-18)28-23(16-7-3-2-4-8-16)22(25)20-15-24-21-10-6-5-9-19(20)21/h2-15,23-24H,1H3. The van der Waals surface area contributed by atoms with Gasteiger partial charge in [0.2, 0.25) is 5.78 Å². The third-order valence-corrected chi connectivity index (χ3v) is 5.83. The van der Waals surface area contributed by atoms with Crippen LogP contribution >= 0.6 is 0 Å². The third-order valence-electron chi connectivity index (χ3n) is 4.70. The van der Waals surface area contributed by atoms with Gasteiger partial charge in [0.15, 0.2) is 15.9 Å². The number of fused-ring (bicyclic) bond motifs is 1. The number of benzene rings is 3. The van der Waals surface area contributed by atoms with Gasteiger partial charge in [-0.15, -0.1) is 0 Å². The summed E-state index contributed by atoms with van der Waals surface area (Å²) in [5, 5.41) is 0.828. The number of Topliss-reactive ketones (excluding diaryl/α,β-unsaturated/α-hetero) is 1. The first kappa shape index (κ1) is 19.0. The Hall–Kier alpha value is -3.38. The molecule has 0 aliphatic carbocycles. The second-order valence-electron chi connectivity index (χ2n) is 6.76. The van der Waals surface area contributed by atoms with Crippen LogP contribution in [-0.4, -0.2) is 25.4 Å². The average Bonchev–Trinajstić information content (AvgIpc) is 3.16. The van der Waals surface area contributed by atoms with Crippen molar-refractivity contribution >= 4 is 26.5 Å². The van der Waals surface area contributed by atoms with Gasteiger partial charge in [-0.1, -0.05) is 48.5 Å². The first-order valence-electron chi connectivity index (χ1n) is 9.05. The van der Waals surface area contributed by atoms with Crippen molar-refractivity contribution in [2.24, 2.45) is 0 Å². The molecule has 1 unspecified atom stereocenters. The summed E-state index contributed by atoms with van der Waals surface area (Å²) in [6.07, 6.45) is 1.98. The third kappa shape index (κ3) is 3.93. The molecule has 29 heavy (non-hydrogen) atoms. The Bertz CT molecular complexity index is 1260. The monoisotopic (exact) mass is 405 g/mol. The number of sulfone groups is 1. The molecule has 4 rings (SSSR count). The number of carbonyl (C=O) groups excluding carboxylic acids is 1. The highest BCUT2D eigenvalue weighted by Crippen LogP contribution is 2.29. The Morgan fingerprint density at radius 2 is 1.55 bits per heavy atom. The van der Waals surface area contributed by atoms with E-state index in [4.69, 9.17) is 4.74 Å². The molecule has 1 N–H and O–H groups in total. The molecule has 4 aromatic rings. The number of H-pyrrole nitrogens is 1. The van der Waals surface area contributed by atoms with Crippen LogP contribution in [0.1, 0.15) is 22.0 Å². The number of aromatic nitrogens is 1. The topological polar surface area (TPSA) is 76.2 Å². The van der Waals surface area contributed by atoms with Crippen LogP contribution in [0.15, 0.2) is 90.0 Å². The van der Waals surface area contributed by atoms with Crippen molar-refractivity contribution in [3.63, 3.8) is 0 Å². The summed E-state index contributed by atoms with van der Waals surface area (Å²) in [6, 6.07) is 22.9. The number of ether oxygens (including phenoxy) is 1. The maximum absolute atomic E-state index is 13.4. The van der Waals surface area contributed by atoms with Crippen molar-refractivity contribution in [3.05, 3.63) is 96.2 Å². The van der Waals surface area contributed by atoms with Crippen LogP contribution in [0.3, 0.4) is 0 Å². The van der Waals surface area contributed by atoms with E-state index in [1.54, 1.807) is 18.3 Å². The predicted molar refractivity (Wildman–Crippen MR) is 112 cm³/mol. The molecule has 0 saturated heterocycles. The van der Waals surface area contributed by atoms with Crippen LogP contribution in [0.2, 0.25) is 0 Å². The fraction of sp³-hybridized carbons (Fsp3) is 0.0870. The minimum atomic E-state index is -3.30. The number of para-hydroxylation sites is 1. The Morgan fingerprint density at radius 1 is 0.897 bits per heavy atom. The zero-order chi connectivity index (χ0) is 20.4. The molecule has 1 heterocycles. The van der Waals surface area contributed by atoms with E-state index in [0.29, 0.717) is 11.3 Å². The molecule has 0 bridgehead atoms. The summed E-state index contributed by atoms with van der Waals surface area (Å²) in [7, 11) is -3.30. The van der Waals surface area contributed by atoms with E-state index in [1.165, 1.54) is 12.1 Å². The maximum atomic E-state index is 13.4. The predicted octanol–water partition coefficient (Wildman–Crippen LogP) is 4.57. The van der Waals surface area contributed by atoms with E-state index < -0.39 is 15.9 Å². The molecule has 0 saturated carbocycles. The molecule has 5 nitrogen and oxygen atoms in total. The summed E-state index contributed by atoms with van der Waals surface area (Å²) >= 11 is 0. The van der Waals surface area contributed by atoms with Crippen molar-refractivity contribution in [3.8, 4) is 5.75 Å². The number of nitrogens with one attached hydrogen (secondary N) is 1. The summed E-state index contributed by atoms with van der Waals surface area (Å²) < 4.78 is 29.4. The van der Waals surface area contributed by atoms with E-state index in [0.717, 1.165) is 22.7 Å². The number of carbonyl (C=O) groups is 1. The molecular formula is C23H19NO4S. The first-order valence-corrected chi connectivity index (χ1v) is 10.9. The number of ketones is 1. The molecule has 0 aliphatic heterocycles. The Kier molecular flexibility index (Phi) is 4.94. The highest BCUT2D eigenvalue weighted by Gasteiger charge is 2.26. The molecule has 0 aliphatic rings. The molecule has 0 amide bonds. The van der Waals surface area contributed by atoms with Gasteiger partial charge in [-0.25, -0.2) is 8.42 Å². The highest BCUT2D eigenvalue weighted by atomic mass is 32.2. The molecule has 1 atom stereocenters. The van der Waals surface area contributed by atoms with Crippen LogP contribution in [0.25, 0.3) is 10.9 Å². The molecule has 6 heteroatoms. The van der Waals surface area contributed by atoms with Gasteiger partial charge in [-0.2, -0.15) is 0 Å². The van der Waals surface area contributed by atoms with E-state index >= 15 is 0 Å². The van der Waals surface area contributed by atoms with Gasteiger partial charge < -0.3 is 9.72 Å². The van der Waals surface area contributed by atoms with Crippen LogP contribution in [0.5, 0.6) is 5.75 Å². The molecule has 0 spiro atoms. The zero-order valence-electron chi connectivity index (χ0n) is 15.7. The average molecular weight is 405 g/mol. The fourth-order valence-corrected chi connectivity index (χ4v) is 3.85. The van der Waals surface area contributed by atoms with Gasteiger partial charge in [-0.05, 0) is 30.3 Å². The Labute approximate surface area is 168 Å². The largest absolute Gasteiger partial charge is 0.478 e. The van der Waals surface area contributed by atoms with Crippen molar-refractivity contribution < 1.29 is 17.9 Å². The van der Waals surface area contributed by atoms with Gasteiger partial charge in [0.25, 0.3) is 0 Å². The Balaban J connectivity index is 1.72. The summed E-state index contributed by atoms with van der Waals surface area (Å²) in [5.74, 6) is 0.236. The highest BCUT2D eigenvalue weighted by molar-refractivity contribution is 7.90. The van der Waals surface area contributed by atoms with Gasteiger partial charge in [-0.3, -0.25) is 4.79 Å². The maximum Gasteiger partial charge on any atom is 0.210 e. The van der Waals surface area contributed by atoms with Gasteiger partial charge >= 0.3 is 0 Å². The summed E-state index contributed by atoms with van der Waals surface area (Å²) in [4.78, 5) is 16.7. The van der Waals surface area contributed by atoms with Crippen molar-refractivity contribution in [1.82, 2.24) is 4.98 Å². The Morgan fingerprint density at radius 3 is 2.24 bits per heavy atom. The zero-order valence-corrected chi connectivity index (χ0v) is 16.5. The van der Waals surface area contributed by atoms with Crippen molar-refractivity contribution in [2.45, 2.75) is 11.0 Å². The van der Waals surface area contributed by atoms with Gasteiger partial charge in [0.1, 0.15) is 5.75 Å². The van der Waals surface area contributed by atoms with E-state index in [2.05, 4.69) is 4.98 Å². The lowest BCUT2D eigenvalue weighted by atomic mass is 9.99. The lowest BCUT2D eigenvalue weighted by molar-refractivity contribution is 0.0794. The minimum absolute atomic E-state index is 0.180. The first-order chi connectivity index (χ1) is 13.9. The van der Waals surface area contributed by atoms with Gasteiger partial charge in [0, 0.05) is 34.5 Å². The molecular weight excluding hydrogens is 386 g/mol. The van der Waals surface area contributed by atoms with Crippen LogP contribution in [0.4, 0.5) is 0 Å². The summed E-state index contributed by atoms with van der Waals surface area (Å²) in [5.41, 5.74) is 2.14. The van der Waals surface area contributed by atoms with E-state index in [1.807, 2.05) is 54.6 Å². The second-order valence-corrected chi connectivity index (χ2v) is 8.78. The molecule has 3 aromatic carbocycles.